The van der Waals surface area contributed by atoms with Crippen LogP contribution in [0.15, 0.2) is 24.3 Å². The van der Waals surface area contributed by atoms with Crippen molar-refractivity contribution in [2.24, 2.45) is 5.73 Å². The Balaban J connectivity index is 1.71. The van der Waals surface area contributed by atoms with Gasteiger partial charge in [0.25, 0.3) is 0 Å². The van der Waals surface area contributed by atoms with Crippen molar-refractivity contribution < 1.29 is 9.59 Å². The molecule has 1 unspecified atom stereocenters. The van der Waals surface area contributed by atoms with Gasteiger partial charge < -0.3 is 16.0 Å². The van der Waals surface area contributed by atoms with Crippen LogP contribution in [0.4, 0.5) is 5.69 Å². The molecule has 0 bridgehead atoms. The summed E-state index contributed by atoms with van der Waals surface area (Å²) in [7, 11) is 0. The Morgan fingerprint density at radius 3 is 2.62 bits per heavy atom. The predicted molar refractivity (Wildman–Crippen MR) is 80.8 cm³/mol. The maximum Gasteiger partial charge on any atom is 0.249 e. The second-order valence-electron chi connectivity index (χ2n) is 6.15. The van der Waals surface area contributed by atoms with Gasteiger partial charge in [0, 0.05) is 12.2 Å². The zero-order valence-electron chi connectivity index (χ0n) is 12.3. The molecule has 1 atom stereocenters. The molecule has 2 fully saturated rings. The number of nitrogens with one attached hydrogen (secondary N) is 1. The lowest BCUT2D eigenvalue weighted by atomic mass is 10.0. The minimum Gasteiger partial charge on any atom is -0.343 e. The molecule has 5 nitrogen and oxygen atoms in total. The van der Waals surface area contributed by atoms with Crippen LogP contribution in [0.5, 0.6) is 0 Å². The minimum absolute atomic E-state index is 0.0392. The molecule has 21 heavy (non-hydrogen) atoms. The van der Waals surface area contributed by atoms with Gasteiger partial charge in [-0.2, -0.15) is 0 Å². The van der Waals surface area contributed by atoms with Crippen LogP contribution in [0, 0.1) is 6.92 Å². The standard InChI is InChI=1S/C16H21N3O2/c1-11-4-6-12(7-5-11)19-10-2-3-13(14(19)20)18-15(21)16(17)8-9-16/h4-7,13H,2-3,8-10,17H2,1H3,(H,18,21). The van der Waals surface area contributed by atoms with E-state index in [0.29, 0.717) is 25.8 Å². The van der Waals surface area contributed by atoms with Crippen LogP contribution < -0.4 is 16.0 Å². The summed E-state index contributed by atoms with van der Waals surface area (Å²) in [5.74, 6) is -0.227. The lowest BCUT2D eigenvalue weighted by Gasteiger charge is -2.33. The maximum absolute atomic E-state index is 12.6. The number of rotatable bonds is 3. The van der Waals surface area contributed by atoms with Gasteiger partial charge in [-0.25, -0.2) is 0 Å². The van der Waals surface area contributed by atoms with Crippen LogP contribution in [0.3, 0.4) is 0 Å². The Bertz CT molecular complexity index is 563. The van der Waals surface area contributed by atoms with Crippen molar-refractivity contribution in [3.8, 4) is 0 Å². The third kappa shape index (κ3) is 2.78. The summed E-state index contributed by atoms with van der Waals surface area (Å²) < 4.78 is 0. The Morgan fingerprint density at radius 2 is 2.00 bits per heavy atom. The Morgan fingerprint density at radius 1 is 1.33 bits per heavy atom. The molecular formula is C16H21N3O2. The molecular weight excluding hydrogens is 266 g/mol. The zero-order valence-corrected chi connectivity index (χ0v) is 12.3. The lowest BCUT2D eigenvalue weighted by Crippen LogP contribution is -2.56. The molecule has 1 aliphatic carbocycles. The summed E-state index contributed by atoms with van der Waals surface area (Å²) in [5.41, 5.74) is 7.20. The largest absolute Gasteiger partial charge is 0.343 e. The number of amides is 2. The van der Waals surface area contributed by atoms with Crippen molar-refractivity contribution in [1.82, 2.24) is 5.32 Å². The molecule has 1 heterocycles. The number of hydrogen-bond acceptors (Lipinski definition) is 3. The van der Waals surface area contributed by atoms with Gasteiger partial charge in [0.2, 0.25) is 11.8 Å². The van der Waals surface area contributed by atoms with Crippen LogP contribution in [0.25, 0.3) is 0 Å². The third-order valence-electron chi connectivity index (χ3n) is 4.33. The molecule has 1 saturated carbocycles. The van der Waals surface area contributed by atoms with Gasteiger partial charge in [-0.15, -0.1) is 0 Å². The number of nitrogens with two attached hydrogens (primary N) is 1. The van der Waals surface area contributed by atoms with E-state index in [4.69, 9.17) is 5.73 Å². The SMILES string of the molecule is Cc1ccc(N2CCCC(NC(=O)C3(N)CC3)C2=O)cc1. The van der Waals surface area contributed by atoms with Crippen LogP contribution >= 0.6 is 0 Å². The average molecular weight is 287 g/mol. The van der Waals surface area contributed by atoms with E-state index in [1.54, 1.807) is 4.90 Å². The van der Waals surface area contributed by atoms with Gasteiger partial charge in [-0.05, 0) is 44.7 Å². The topological polar surface area (TPSA) is 75.4 Å². The maximum atomic E-state index is 12.6. The van der Waals surface area contributed by atoms with Crippen LogP contribution in [-0.2, 0) is 9.59 Å². The van der Waals surface area contributed by atoms with Gasteiger partial charge >= 0.3 is 0 Å². The minimum atomic E-state index is -0.730. The molecule has 1 saturated heterocycles. The van der Waals surface area contributed by atoms with E-state index in [2.05, 4.69) is 5.32 Å². The Kier molecular flexibility index (Phi) is 3.45. The summed E-state index contributed by atoms with van der Waals surface area (Å²) in [5, 5.41) is 2.83. The fourth-order valence-electron chi connectivity index (χ4n) is 2.65. The monoisotopic (exact) mass is 287 g/mol. The normalized spacial score (nSPS) is 23.8. The number of anilines is 1. The number of benzene rings is 1. The van der Waals surface area contributed by atoms with Crippen molar-refractivity contribution in [2.45, 2.75) is 44.2 Å². The molecule has 3 N–H and O–H groups in total. The summed E-state index contributed by atoms with van der Waals surface area (Å²) in [4.78, 5) is 26.3. The fourth-order valence-corrected chi connectivity index (χ4v) is 2.65. The molecule has 2 amide bonds. The van der Waals surface area contributed by atoms with E-state index in [-0.39, 0.29) is 11.8 Å². The van der Waals surface area contributed by atoms with Crippen molar-refractivity contribution in [1.29, 1.82) is 0 Å². The van der Waals surface area contributed by atoms with E-state index in [1.807, 2.05) is 31.2 Å². The highest BCUT2D eigenvalue weighted by Gasteiger charge is 2.47. The summed E-state index contributed by atoms with van der Waals surface area (Å²) >= 11 is 0. The summed E-state index contributed by atoms with van der Waals surface area (Å²) in [6.07, 6.45) is 2.98. The van der Waals surface area contributed by atoms with E-state index in [9.17, 15) is 9.59 Å². The van der Waals surface area contributed by atoms with E-state index in [1.165, 1.54) is 0 Å². The molecule has 0 aromatic heterocycles. The number of hydrogen-bond donors (Lipinski definition) is 2. The van der Waals surface area contributed by atoms with Gasteiger partial charge in [0.1, 0.15) is 6.04 Å². The second-order valence-corrected chi connectivity index (χ2v) is 6.15. The Labute approximate surface area is 124 Å². The van der Waals surface area contributed by atoms with Gasteiger partial charge in [0.15, 0.2) is 0 Å². The highest BCUT2D eigenvalue weighted by molar-refractivity contribution is 6.01. The number of carbonyl (C=O) groups is 2. The lowest BCUT2D eigenvalue weighted by molar-refractivity contribution is -0.129. The average Bonchev–Trinajstić information content (AvgIpc) is 3.22. The van der Waals surface area contributed by atoms with Crippen molar-refractivity contribution in [3.05, 3.63) is 29.8 Å². The quantitative estimate of drug-likeness (QED) is 0.874. The van der Waals surface area contributed by atoms with Crippen molar-refractivity contribution in [2.75, 3.05) is 11.4 Å². The molecule has 5 heteroatoms. The van der Waals surface area contributed by atoms with Gasteiger partial charge in [0.05, 0.1) is 5.54 Å². The van der Waals surface area contributed by atoms with Crippen LogP contribution in [-0.4, -0.2) is 29.9 Å². The van der Waals surface area contributed by atoms with Crippen molar-refractivity contribution in [3.63, 3.8) is 0 Å². The van der Waals surface area contributed by atoms with Gasteiger partial charge in [-0.3, -0.25) is 9.59 Å². The number of nitrogens with zero attached hydrogens (tertiary/aromatic N) is 1. The van der Waals surface area contributed by atoms with E-state index in [0.717, 1.165) is 17.7 Å². The first-order valence-electron chi connectivity index (χ1n) is 7.47. The molecule has 0 radical (unpaired) electrons. The molecule has 0 spiro atoms. The first-order valence-corrected chi connectivity index (χ1v) is 7.47. The first kappa shape index (κ1) is 14.1. The smallest absolute Gasteiger partial charge is 0.249 e. The van der Waals surface area contributed by atoms with Crippen molar-refractivity contribution >= 4 is 17.5 Å². The molecule has 1 aliphatic heterocycles. The molecule has 112 valence electrons. The van der Waals surface area contributed by atoms with Crippen LogP contribution in [0.1, 0.15) is 31.2 Å². The molecule has 1 aromatic rings. The second kappa shape index (κ2) is 5.15. The number of piperidine rings is 1. The zero-order chi connectivity index (χ0) is 15.0. The number of aryl methyl sites for hydroxylation is 1. The first-order chi connectivity index (χ1) is 9.99. The fraction of sp³-hybridized carbons (Fsp3) is 0.500. The highest BCUT2D eigenvalue weighted by atomic mass is 16.2. The summed E-state index contributed by atoms with van der Waals surface area (Å²) in [6, 6.07) is 7.42. The van der Waals surface area contributed by atoms with E-state index >= 15 is 0 Å². The number of carbonyl (C=O) groups excluding carboxylic acids is 2. The predicted octanol–water partition coefficient (Wildman–Crippen LogP) is 1.10. The molecule has 2 aliphatic rings. The summed E-state index contributed by atoms with van der Waals surface area (Å²) in [6.45, 7) is 2.71. The molecule has 1 aromatic carbocycles. The Hall–Kier alpha value is -1.88. The molecule has 3 rings (SSSR count). The van der Waals surface area contributed by atoms with Crippen LogP contribution in [0.2, 0.25) is 0 Å². The van der Waals surface area contributed by atoms with Gasteiger partial charge in [-0.1, -0.05) is 17.7 Å². The van der Waals surface area contributed by atoms with E-state index < -0.39 is 11.6 Å². The third-order valence-corrected chi connectivity index (χ3v) is 4.33. The highest BCUT2D eigenvalue weighted by Crippen LogP contribution is 2.32.